The van der Waals surface area contributed by atoms with Crippen LogP contribution in [0.1, 0.15) is 42.3 Å². The molecule has 4 heterocycles. The molecule has 1 fully saturated rings. The quantitative estimate of drug-likeness (QED) is 0.655. The van der Waals surface area contributed by atoms with Gasteiger partial charge in [-0.05, 0) is 24.8 Å². The largest absolute Gasteiger partial charge is 0.342 e. The fourth-order valence-electron chi connectivity index (χ4n) is 3.73. The molecule has 1 amide bonds. The minimum atomic E-state index is 0.223. The summed E-state index contributed by atoms with van der Waals surface area (Å²) in [6, 6.07) is 0. The number of imidazole rings is 1. The molecule has 7 nitrogen and oxygen atoms in total. The first-order chi connectivity index (χ1) is 13.2. The lowest BCUT2D eigenvalue weighted by atomic mass is 9.96. The number of likely N-dealkylation sites (tertiary alicyclic amines) is 1. The third kappa shape index (κ3) is 4.27. The second-order valence-corrected chi connectivity index (χ2v) is 7.81. The third-order valence-corrected chi connectivity index (χ3v) is 5.72. The molecule has 1 aliphatic rings. The van der Waals surface area contributed by atoms with Crippen molar-refractivity contribution in [2.45, 2.75) is 38.1 Å². The minimum absolute atomic E-state index is 0.223. The zero-order valence-electron chi connectivity index (χ0n) is 15.5. The van der Waals surface area contributed by atoms with Crippen molar-refractivity contribution in [1.82, 2.24) is 29.2 Å². The Hall–Kier alpha value is -2.48. The second-order valence-electron chi connectivity index (χ2n) is 7.09. The van der Waals surface area contributed by atoms with E-state index >= 15 is 0 Å². The van der Waals surface area contributed by atoms with Gasteiger partial charge >= 0.3 is 0 Å². The highest BCUT2D eigenvalue weighted by Crippen LogP contribution is 2.27. The normalized spacial score (nSPS) is 17.4. The van der Waals surface area contributed by atoms with Crippen LogP contribution in [-0.4, -0.2) is 48.2 Å². The van der Waals surface area contributed by atoms with Crippen LogP contribution in [-0.2, 0) is 24.8 Å². The number of hydrogen-bond donors (Lipinski definition) is 0. The van der Waals surface area contributed by atoms with Gasteiger partial charge in [-0.3, -0.25) is 9.48 Å². The van der Waals surface area contributed by atoms with Gasteiger partial charge in [0.2, 0.25) is 5.91 Å². The Morgan fingerprint density at radius 3 is 3.07 bits per heavy atom. The molecule has 8 heteroatoms. The topological polar surface area (TPSA) is 68.8 Å². The van der Waals surface area contributed by atoms with Gasteiger partial charge in [0, 0.05) is 56.4 Å². The summed E-state index contributed by atoms with van der Waals surface area (Å²) in [5, 5.41) is 6.24. The Bertz CT molecular complexity index is 884. The molecule has 0 spiro atoms. The first-order valence-electron chi connectivity index (χ1n) is 9.32. The van der Waals surface area contributed by atoms with Crippen molar-refractivity contribution in [3.63, 3.8) is 0 Å². The van der Waals surface area contributed by atoms with E-state index in [9.17, 15) is 4.79 Å². The molecule has 3 aromatic rings. The van der Waals surface area contributed by atoms with Crippen LogP contribution in [0.4, 0.5) is 0 Å². The van der Waals surface area contributed by atoms with Gasteiger partial charge < -0.3 is 9.47 Å². The summed E-state index contributed by atoms with van der Waals surface area (Å²) >= 11 is 1.61. The average Bonchev–Trinajstić information content (AvgIpc) is 3.43. The molecule has 27 heavy (non-hydrogen) atoms. The fraction of sp³-hybridized carbons (Fsp3) is 0.474. The van der Waals surface area contributed by atoms with Crippen LogP contribution in [0.15, 0.2) is 35.7 Å². The Morgan fingerprint density at radius 2 is 2.30 bits per heavy atom. The van der Waals surface area contributed by atoms with E-state index < -0.39 is 0 Å². The van der Waals surface area contributed by atoms with Crippen LogP contribution >= 0.6 is 11.3 Å². The predicted molar refractivity (Wildman–Crippen MR) is 104 cm³/mol. The number of aromatic nitrogens is 5. The zero-order chi connectivity index (χ0) is 18.6. The van der Waals surface area contributed by atoms with Crippen molar-refractivity contribution in [3.8, 4) is 0 Å². The smallest absolute Gasteiger partial charge is 0.222 e. The highest BCUT2D eigenvalue weighted by atomic mass is 32.1. The van der Waals surface area contributed by atoms with Crippen molar-refractivity contribution in [2.24, 2.45) is 7.05 Å². The fourth-order valence-corrected chi connectivity index (χ4v) is 4.28. The van der Waals surface area contributed by atoms with E-state index in [1.165, 1.54) is 0 Å². The molecule has 0 bridgehead atoms. The third-order valence-electron chi connectivity index (χ3n) is 5.09. The van der Waals surface area contributed by atoms with Crippen LogP contribution < -0.4 is 0 Å². The van der Waals surface area contributed by atoms with Crippen molar-refractivity contribution in [2.75, 3.05) is 13.1 Å². The van der Waals surface area contributed by atoms with Gasteiger partial charge in [0.25, 0.3) is 0 Å². The Kier molecular flexibility index (Phi) is 5.33. The summed E-state index contributed by atoms with van der Waals surface area (Å²) in [7, 11) is 1.90. The van der Waals surface area contributed by atoms with Crippen molar-refractivity contribution >= 4 is 17.2 Å². The van der Waals surface area contributed by atoms with Gasteiger partial charge in [0.05, 0.1) is 23.9 Å². The highest BCUT2D eigenvalue weighted by molar-refractivity contribution is 7.07. The molecule has 1 aliphatic heterocycles. The molecular formula is C19H24N6OS. The maximum absolute atomic E-state index is 12.7. The first kappa shape index (κ1) is 17.9. The van der Waals surface area contributed by atoms with E-state index in [4.69, 9.17) is 0 Å². The number of aryl methyl sites for hydroxylation is 2. The lowest BCUT2D eigenvalue weighted by molar-refractivity contribution is -0.132. The van der Waals surface area contributed by atoms with Crippen molar-refractivity contribution in [3.05, 3.63) is 52.8 Å². The lowest BCUT2D eigenvalue weighted by Crippen LogP contribution is -2.39. The average molecular weight is 385 g/mol. The molecule has 4 rings (SSSR count). The molecule has 1 saturated heterocycles. The van der Waals surface area contributed by atoms with E-state index in [0.29, 0.717) is 6.42 Å². The number of rotatable bonds is 6. The Morgan fingerprint density at radius 1 is 1.37 bits per heavy atom. The molecule has 0 saturated carbocycles. The number of carbonyl (C=O) groups is 1. The van der Waals surface area contributed by atoms with E-state index in [-0.39, 0.29) is 11.8 Å². The molecule has 0 aromatic carbocycles. The summed E-state index contributed by atoms with van der Waals surface area (Å²) in [4.78, 5) is 23.7. The molecule has 0 aliphatic carbocycles. The van der Waals surface area contributed by atoms with E-state index in [1.54, 1.807) is 16.0 Å². The lowest BCUT2D eigenvalue weighted by Gasteiger charge is -2.32. The van der Waals surface area contributed by atoms with E-state index in [2.05, 4.69) is 25.0 Å². The highest BCUT2D eigenvalue weighted by Gasteiger charge is 2.27. The summed E-state index contributed by atoms with van der Waals surface area (Å²) < 4.78 is 3.95. The predicted octanol–water partition coefficient (Wildman–Crippen LogP) is 2.46. The van der Waals surface area contributed by atoms with Crippen molar-refractivity contribution < 1.29 is 4.79 Å². The summed E-state index contributed by atoms with van der Waals surface area (Å²) in [5.74, 6) is 1.57. The van der Waals surface area contributed by atoms with Crippen LogP contribution in [0.25, 0.3) is 0 Å². The number of hydrogen-bond acceptors (Lipinski definition) is 5. The molecule has 3 aromatic heterocycles. The SMILES string of the molecule is Cn1cc(CCC(=O)N2CCC[C@@H](c3nccn3Cc3cscn3)C2)cn1. The monoisotopic (exact) mass is 384 g/mol. The van der Waals surface area contributed by atoms with Gasteiger partial charge in [-0.1, -0.05) is 0 Å². The van der Waals surface area contributed by atoms with Crippen LogP contribution in [0, 0.1) is 0 Å². The van der Waals surface area contributed by atoms with Crippen LogP contribution in [0.5, 0.6) is 0 Å². The van der Waals surface area contributed by atoms with Crippen LogP contribution in [0.2, 0.25) is 0 Å². The van der Waals surface area contributed by atoms with Gasteiger partial charge in [-0.2, -0.15) is 5.10 Å². The summed E-state index contributed by atoms with van der Waals surface area (Å²) in [6.07, 6.45) is 11.0. The number of nitrogens with zero attached hydrogens (tertiary/aromatic N) is 6. The zero-order valence-corrected chi connectivity index (χ0v) is 16.3. The molecule has 0 radical (unpaired) electrons. The van der Waals surface area contributed by atoms with Gasteiger partial charge in [-0.15, -0.1) is 11.3 Å². The molecule has 0 N–H and O–H groups in total. The van der Waals surface area contributed by atoms with E-state index in [0.717, 1.165) is 56.0 Å². The Labute approximate surface area is 162 Å². The number of piperidine rings is 1. The van der Waals surface area contributed by atoms with E-state index in [1.807, 2.05) is 42.2 Å². The number of thiazole rings is 1. The standard InChI is InChI=1S/C19H24N6OS/c1-23-10-15(9-22-23)4-5-18(26)24-7-2-3-16(11-24)19-20-6-8-25(19)12-17-13-27-14-21-17/h6,8-10,13-14,16H,2-5,7,11-12H2,1H3/t16-/m1/s1. The first-order valence-corrected chi connectivity index (χ1v) is 10.3. The molecule has 142 valence electrons. The second kappa shape index (κ2) is 8.04. The van der Waals surface area contributed by atoms with Gasteiger partial charge in [0.15, 0.2) is 0 Å². The molecule has 0 unspecified atom stereocenters. The maximum Gasteiger partial charge on any atom is 0.222 e. The maximum atomic E-state index is 12.7. The molecule has 1 atom stereocenters. The number of amides is 1. The van der Waals surface area contributed by atoms with Crippen molar-refractivity contribution in [1.29, 1.82) is 0 Å². The van der Waals surface area contributed by atoms with Gasteiger partial charge in [0.1, 0.15) is 5.82 Å². The number of carbonyl (C=O) groups excluding carboxylic acids is 1. The molecular weight excluding hydrogens is 360 g/mol. The summed E-state index contributed by atoms with van der Waals surface area (Å²) in [5.41, 5.74) is 4.02. The minimum Gasteiger partial charge on any atom is -0.342 e. The summed E-state index contributed by atoms with van der Waals surface area (Å²) in [6.45, 7) is 2.33. The Balaban J connectivity index is 1.38. The van der Waals surface area contributed by atoms with Gasteiger partial charge in [-0.25, -0.2) is 9.97 Å². The van der Waals surface area contributed by atoms with Crippen LogP contribution in [0.3, 0.4) is 0 Å².